The van der Waals surface area contributed by atoms with Crippen molar-refractivity contribution in [2.24, 2.45) is 0 Å². The highest BCUT2D eigenvalue weighted by Crippen LogP contribution is 2.17. The lowest BCUT2D eigenvalue weighted by molar-refractivity contribution is -0.897. The molecular formula is C9H20NO4S+. The molecule has 0 amide bonds. The molecule has 0 spiro atoms. The number of unbranched alkanes of at least 4 members (excludes halogenated alkanes) is 1. The first-order chi connectivity index (χ1) is 6.91. The van der Waals surface area contributed by atoms with E-state index in [1.807, 2.05) is 0 Å². The van der Waals surface area contributed by atoms with E-state index in [1.54, 1.807) is 0 Å². The normalized spacial score (nSPS) is 20.7. The summed E-state index contributed by atoms with van der Waals surface area (Å²) < 4.78 is 34.1. The molecule has 0 saturated carbocycles. The van der Waals surface area contributed by atoms with Crippen molar-refractivity contribution >= 4 is 10.4 Å². The topological polar surface area (TPSA) is 63.6 Å². The van der Waals surface area contributed by atoms with E-state index in [2.05, 4.69) is 11.2 Å². The average Bonchev–Trinajstić information content (AvgIpc) is 2.50. The van der Waals surface area contributed by atoms with Crippen LogP contribution in [0.2, 0.25) is 0 Å². The number of likely N-dealkylation sites (tertiary alicyclic amines) is 1. The maximum absolute atomic E-state index is 10.2. The number of nitrogens with zero attached hydrogens (tertiary/aromatic N) is 1. The molecule has 1 rings (SSSR count). The Labute approximate surface area is 91.6 Å². The van der Waals surface area contributed by atoms with Crippen LogP contribution < -0.4 is 0 Å². The van der Waals surface area contributed by atoms with E-state index >= 15 is 0 Å². The van der Waals surface area contributed by atoms with Gasteiger partial charge >= 0.3 is 10.4 Å². The van der Waals surface area contributed by atoms with Crippen molar-refractivity contribution in [2.75, 3.05) is 33.3 Å². The van der Waals surface area contributed by atoms with Crippen LogP contribution in [0.4, 0.5) is 0 Å². The van der Waals surface area contributed by atoms with Crippen molar-refractivity contribution in [3.63, 3.8) is 0 Å². The monoisotopic (exact) mass is 238 g/mol. The molecule has 1 aliphatic heterocycles. The summed E-state index contributed by atoms with van der Waals surface area (Å²) in [7, 11) is -2.01. The number of hydrogen-bond donors (Lipinski definition) is 1. The second-order valence-electron chi connectivity index (χ2n) is 4.45. The van der Waals surface area contributed by atoms with Gasteiger partial charge in [0.15, 0.2) is 0 Å². The van der Waals surface area contributed by atoms with E-state index in [-0.39, 0.29) is 6.61 Å². The van der Waals surface area contributed by atoms with Gasteiger partial charge in [0.2, 0.25) is 0 Å². The molecule has 90 valence electrons. The van der Waals surface area contributed by atoms with Gasteiger partial charge in [0.25, 0.3) is 0 Å². The molecule has 0 radical (unpaired) electrons. The first kappa shape index (κ1) is 12.9. The summed E-state index contributed by atoms with van der Waals surface area (Å²) in [4.78, 5) is 0. The van der Waals surface area contributed by atoms with Crippen molar-refractivity contribution < 1.29 is 21.6 Å². The SMILES string of the molecule is C[N+]1(CCCCOS(=O)(=O)O)CCCC1. The number of hydrogen-bond acceptors (Lipinski definition) is 3. The van der Waals surface area contributed by atoms with Crippen molar-refractivity contribution in [2.45, 2.75) is 25.7 Å². The zero-order valence-electron chi connectivity index (χ0n) is 9.18. The lowest BCUT2D eigenvalue weighted by Gasteiger charge is -2.28. The highest BCUT2D eigenvalue weighted by molar-refractivity contribution is 7.80. The van der Waals surface area contributed by atoms with Crippen LogP contribution in [0, 0.1) is 0 Å². The average molecular weight is 238 g/mol. The quantitative estimate of drug-likeness (QED) is 0.423. The van der Waals surface area contributed by atoms with Crippen molar-refractivity contribution in [1.82, 2.24) is 0 Å². The van der Waals surface area contributed by atoms with Crippen LogP contribution in [-0.4, -0.2) is 50.7 Å². The Morgan fingerprint density at radius 1 is 1.27 bits per heavy atom. The van der Waals surface area contributed by atoms with Gasteiger partial charge in [-0.3, -0.25) is 4.55 Å². The molecule has 0 aromatic carbocycles. The van der Waals surface area contributed by atoms with Gasteiger partial charge in [0, 0.05) is 12.8 Å². The Morgan fingerprint density at radius 2 is 1.87 bits per heavy atom. The summed E-state index contributed by atoms with van der Waals surface area (Å²) in [5.74, 6) is 0. The minimum atomic E-state index is -4.24. The van der Waals surface area contributed by atoms with E-state index in [1.165, 1.54) is 25.9 Å². The van der Waals surface area contributed by atoms with Gasteiger partial charge in [-0.2, -0.15) is 8.42 Å². The first-order valence-electron chi connectivity index (χ1n) is 5.37. The lowest BCUT2D eigenvalue weighted by atomic mass is 10.3. The third kappa shape index (κ3) is 5.46. The molecule has 1 aliphatic rings. The number of rotatable bonds is 6. The van der Waals surface area contributed by atoms with Crippen LogP contribution in [0.25, 0.3) is 0 Å². The molecule has 0 aromatic rings. The summed E-state index contributed by atoms with van der Waals surface area (Å²) in [6, 6.07) is 0. The molecule has 0 aromatic heterocycles. The molecule has 0 aliphatic carbocycles. The third-order valence-corrected chi connectivity index (χ3v) is 3.43. The zero-order valence-corrected chi connectivity index (χ0v) is 10.0. The first-order valence-corrected chi connectivity index (χ1v) is 6.73. The molecule has 1 heterocycles. The van der Waals surface area contributed by atoms with E-state index in [0.717, 1.165) is 17.4 Å². The Kier molecular flexibility index (Phi) is 4.51. The van der Waals surface area contributed by atoms with Crippen LogP contribution in [0.3, 0.4) is 0 Å². The molecule has 0 bridgehead atoms. The third-order valence-electron chi connectivity index (χ3n) is 2.97. The van der Waals surface area contributed by atoms with E-state index in [4.69, 9.17) is 4.55 Å². The van der Waals surface area contributed by atoms with E-state index in [9.17, 15) is 8.42 Å². The molecular weight excluding hydrogens is 218 g/mol. The molecule has 0 atom stereocenters. The fourth-order valence-corrected chi connectivity index (χ4v) is 2.41. The molecule has 15 heavy (non-hydrogen) atoms. The fraction of sp³-hybridized carbons (Fsp3) is 1.00. The minimum Gasteiger partial charge on any atom is -0.326 e. The van der Waals surface area contributed by atoms with Crippen LogP contribution in [0.1, 0.15) is 25.7 Å². The summed E-state index contributed by atoms with van der Waals surface area (Å²) >= 11 is 0. The predicted octanol–water partition coefficient (Wildman–Crippen LogP) is 0.826. The van der Waals surface area contributed by atoms with E-state index in [0.29, 0.717) is 6.42 Å². The van der Waals surface area contributed by atoms with Crippen LogP contribution in [0.15, 0.2) is 0 Å². The van der Waals surface area contributed by atoms with E-state index < -0.39 is 10.4 Å². The predicted molar refractivity (Wildman–Crippen MR) is 56.8 cm³/mol. The largest absolute Gasteiger partial charge is 0.397 e. The van der Waals surface area contributed by atoms with Crippen LogP contribution in [0.5, 0.6) is 0 Å². The minimum absolute atomic E-state index is 0.0822. The van der Waals surface area contributed by atoms with Gasteiger partial charge in [0.05, 0.1) is 33.3 Å². The van der Waals surface area contributed by atoms with Crippen molar-refractivity contribution in [1.29, 1.82) is 0 Å². The maximum Gasteiger partial charge on any atom is 0.397 e. The van der Waals surface area contributed by atoms with Crippen molar-refractivity contribution in [3.05, 3.63) is 0 Å². The zero-order chi connectivity index (χ0) is 11.4. The Morgan fingerprint density at radius 3 is 2.40 bits per heavy atom. The Balaban J connectivity index is 2.06. The maximum atomic E-state index is 10.2. The lowest BCUT2D eigenvalue weighted by Crippen LogP contribution is -2.41. The molecule has 5 nitrogen and oxygen atoms in total. The summed E-state index contributed by atoms with van der Waals surface area (Å²) in [5.41, 5.74) is 0. The second-order valence-corrected chi connectivity index (χ2v) is 5.55. The van der Waals surface area contributed by atoms with Crippen LogP contribution in [-0.2, 0) is 14.6 Å². The smallest absolute Gasteiger partial charge is 0.326 e. The van der Waals surface area contributed by atoms with Gasteiger partial charge in [-0.1, -0.05) is 0 Å². The van der Waals surface area contributed by atoms with Gasteiger partial charge in [-0.15, -0.1) is 0 Å². The summed E-state index contributed by atoms with van der Waals surface area (Å²) in [5, 5.41) is 0. The molecule has 1 fully saturated rings. The highest BCUT2D eigenvalue weighted by Gasteiger charge is 2.25. The highest BCUT2D eigenvalue weighted by atomic mass is 32.3. The molecule has 0 unspecified atom stereocenters. The van der Waals surface area contributed by atoms with Gasteiger partial charge in [0.1, 0.15) is 0 Å². The molecule has 6 heteroatoms. The molecule has 1 saturated heterocycles. The fourth-order valence-electron chi connectivity index (χ4n) is 2.08. The summed E-state index contributed by atoms with van der Waals surface area (Å²) in [6.07, 6.45) is 4.19. The Bertz CT molecular complexity index is 282. The van der Waals surface area contributed by atoms with Gasteiger partial charge < -0.3 is 4.48 Å². The number of quaternary nitrogens is 1. The van der Waals surface area contributed by atoms with Gasteiger partial charge in [-0.25, -0.2) is 4.18 Å². The second kappa shape index (κ2) is 5.25. The standard InChI is InChI=1S/C9H19NO4S/c1-10(6-2-3-7-10)8-4-5-9-14-15(11,12)13/h2-9H2,1H3/p+1. The summed E-state index contributed by atoms with van der Waals surface area (Å²) in [6.45, 7) is 3.59. The van der Waals surface area contributed by atoms with Crippen molar-refractivity contribution in [3.8, 4) is 0 Å². The van der Waals surface area contributed by atoms with Crippen LogP contribution >= 0.6 is 0 Å². The molecule has 1 N–H and O–H groups in total. The van der Waals surface area contributed by atoms with Gasteiger partial charge in [-0.05, 0) is 12.8 Å². The Hall–Kier alpha value is -0.170.